The van der Waals surface area contributed by atoms with Crippen molar-refractivity contribution in [3.8, 4) is 0 Å². The van der Waals surface area contributed by atoms with Crippen LogP contribution in [0.1, 0.15) is 48.0 Å². The van der Waals surface area contributed by atoms with Gasteiger partial charge in [-0.15, -0.1) is 0 Å². The van der Waals surface area contributed by atoms with Gasteiger partial charge in [-0.3, -0.25) is 9.69 Å². The van der Waals surface area contributed by atoms with Gasteiger partial charge in [0, 0.05) is 43.7 Å². The van der Waals surface area contributed by atoms with E-state index in [9.17, 15) is 4.79 Å². The summed E-state index contributed by atoms with van der Waals surface area (Å²) in [6.45, 7) is 6.02. The topological polar surface area (TPSA) is 67.6 Å². The van der Waals surface area contributed by atoms with Crippen LogP contribution in [0, 0.1) is 5.41 Å². The number of carbonyl (C=O) groups excluding carboxylic acids is 1. The number of ether oxygens (including phenoxy) is 1. The van der Waals surface area contributed by atoms with Crippen molar-refractivity contribution in [3.63, 3.8) is 0 Å². The number of rotatable bonds is 6. The quantitative estimate of drug-likeness (QED) is 0.829. The van der Waals surface area contributed by atoms with E-state index in [1.807, 2.05) is 24.3 Å². The number of nitrogens with zero attached hydrogens (tertiary/aromatic N) is 1. The Morgan fingerprint density at radius 2 is 1.80 bits per heavy atom. The number of benzene rings is 1. The Morgan fingerprint density at radius 3 is 2.44 bits per heavy atom. The highest BCUT2D eigenvalue weighted by molar-refractivity contribution is 5.94. The average Bonchev–Trinajstić information content (AvgIpc) is 2.68. The first-order valence-corrected chi connectivity index (χ1v) is 9.58. The van der Waals surface area contributed by atoms with Crippen LogP contribution in [0.5, 0.6) is 0 Å². The fourth-order valence-corrected chi connectivity index (χ4v) is 4.09. The third kappa shape index (κ3) is 5.03. The van der Waals surface area contributed by atoms with E-state index < -0.39 is 0 Å². The molecular weight excluding hydrogens is 314 g/mol. The lowest BCUT2D eigenvalue weighted by Gasteiger charge is -2.42. The highest BCUT2D eigenvalue weighted by Gasteiger charge is 2.34. The second kappa shape index (κ2) is 8.79. The number of amides is 1. The first kappa shape index (κ1) is 18.4. The molecule has 3 rings (SSSR count). The fraction of sp³-hybridized carbons (Fsp3) is 0.650. The maximum atomic E-state index is 12.5. The van der Waals surface area contributed by atoms with Crippen LogP contribution >= 0.6 is 0 Å². The minimum Gasteiger partial charge on any atom is -0.379 e. The normalized spacial score (nSPS) is 21.0. The van der Waals surface area contributed by atoms with Gasteiger partial charge in [0.25, 0.3) is 5.91 Å². The van der Waals surface area contributed by atoms with Crippen molar-refractivity contribution >= 4 is 5.91 Å². The number of hydrogen-bond donors (Lipinski definition) is 2. The van der Waals surface area contributed by atoms with Crippen molar-refractivity contribution in [2.45, 2.75) is 38.6 Å². The molecule has 138 valence electrons. The van der Waals surface area contributed by atoms with Crippen molar-refractivity contribution in [1.29, 1.82) is 0 Å². The van der Waals surface area contributed by atoms with E-state index in [1.54, 1.807) is 0 Å². The van der Waals surface area contributed by atoms with Gasteiger partial charge in [-0.2, -0.15) is 0 Å². The SMILES string of the molecule is NCc1ccc(C(=O)NCC2(CN3CCOCC3)CCCCC2)cc1. The Kier molecular flexibility index (Phi) is 6.45. The Balaban J connectivity index is 1.60. The Labute approximate surface area is 150 Å². The van der Waals surface area contributed by atoms with Gasteiger partial charge in [-0.05, 0) is 30.5 Å². The van der Waals surface area contributed by atoms with Gasteiger partial charge >= 0.3 is 0 Å². The monoisotopic (exact) mass is 345 g/mol. The number of hydrogen-bond acceptors (Lipinski definition) is 4. The molecule has 2 fully saturated rings. The number of morpholine rings is 1. The molecule has 0 atom stereocenters. The van der Waals surface area contributed by atoms with Gasteiger partial charge in [-0.25, -0.2) is 0 Å². The van der Waals surface area contributed by atoms with Crippen molar-refractivity contribution in [2.24, 2.45) is 11.1 Å². The smallest absolute Gasteiger partial charge is 0.251 e. The maximum absolute atomic E-state index is 12.5. The molecule has 1 aromatic carbocycles. The van der Waals surface area contributed by atoms with Gasteiger partial charge in [0.1, 0.15) is 0 Å². The molecule has 1 saturated carbocycles. The van der Waals surface area contributed by atoms with Gasteiger partial charge in [0.15, 0.2) is 0 Å². The molecule has 0 radical (unpaired) electrons. The van der Waals surface area contributed by atoms with Crippen LogP contribution < -0.4 is 11.1 Å². The first-order valence-electron chi connectivity index (χ1n) is 9.58. The molecule has 0 spiro atoms. The van der Waals surface area contributed by atoms with Gasteiger partial charge in [0.05, 0.1) is 13.2 Å². The molecule has 25 heavy (non-hydrogen) atoms. The molecule has 0 aromatic heterocycles. The standard InChI is InChI=1S/C20H31N3O2/c21-14-17-4-6-18(7-5-17)19(24)22-15-20(8-2-1-3-9-20)16-23-10-12-25-13-11-23/h4-7H,1-3,8-16,21H2,(H,22,24). The summed E-state index contributed by atoms with van der Waals surface area (Å²) in [5.41, 5.74) is 7.60. The molecule has 1 aromatic rings. The molecule has 1 saturated heterocycles. The highest BCUT2D eigenvalue weighted by atomic mass is 16.5. The fourth-order valence-electron chi connectivity index (χ4n) is 4.09. The zero-order valence-corrected chi connectivity index (χ0v) is 15.1. The molecule has 5 heteroatoms. The van der Waals surface area contributed by atoms with Crippen LogP contribution in [-0.2, 0) is 11.3 Å². The van der Waals surface area contributed by atoms with Crippen LogP contribution in [-0.4, -0.2) is 50.2 Å². The summed E-state index contributed by atoms with van der Waals surface area (Å²) in [5.74, 6) is 0.0236. The minimum atomic E-state index is 0.0236. The van der Waals surface area contributed by atoms with E-state index in [2.05, 4.69) is 10.2 Å². The molecule has 1 heterocycles. The predicted molar refractivity (Wildman–Crippen MR) is 99.4 cm³/mol. The summed E-state index contributed by atoms with van der Waals surface area (Å²) in [4.78, 5) is 15.1. The van der Waals surface area contributed by atoms with E-state index in [4.69, 9.17) is 10.5 Å². The summed E-state index contributed by atoms with van der Waals surface area (Å²) in [7, 11) is 0. The molecule has 0 bridgehead atoms. The summed E-state index contributed by atoms with van der Waals surface area (Å²) in [6.07, 6.45) is 6.27. The average molecular weight is 345 g/mol. The molecule has 3 N–H and O–H groups in total. The van der Waals surface area contributed by atoms with E-state index in [0.29, 0.717) is 6.54 Å². The lowest BCUT2D eigenvalue weighted by atomic mass is 9.73. The predicted octanol–water partition coefficient (Wildman–Crippen LogP) is 2.16. The second-order valence-corrected chi connectivity index (χ2v) is 7.53. The third-order valence-electron chi connectivity index (χ3n) is 5.65. The van der Waals surface area contributed by atoms with E-state index in [0.717, 1.165) is 50.5 Å². The highest BCUT2D eigenvalue weighted by Crippen LogP contribution is 2.36. The van der Waals surface area contributed by atoms with Crippen LogP contribution in [0.2, 0.25) is 0 Å². The molecule has 1 aliphatic heterocycles. The largest absolute Gasteiger partial charge is 0.379 e. The molecule has 0 unspecified atom stereocenters. The van der Waals surface area contributed by atoms with Crippen LogP contribution in [0.4, 0.5) is 0 Å². The summed E-state index contributed by atoms with van der Waals surface area (Å²) in [6, 6.07) is 7.60. The van der Waals surface area contributed by atoms with Crippen molar-refractivity contribution in [1.82, 2.24) is 10.2 Å². The van der Waals surface area contributed by atoms with E-state index in [-0.39, 0.29) is 11.3 Å². The molecule has 5 nitrogen and oxygen atoms in total. The Bertz CT molecular complexity index is 547. The Morgan fingerprint density at radius 1 is 1.12 bits per heavy atom. The van der Waals surface area contributed by atoms with E-state index in [1.165, 1.54) is 32.1 Å². The summed E-state index contributed by atoms with van der Waals surface area (Å²) >= 11 is 0. The van der Waals surface area contributed by atoms with Gasteiger partial charge < -0.3 is 15.8 Å². The first-order chi connectivity index (χ1) is 12.2. The molecule has 2 aliphatic rings. The number of nitrogens with one attached hydrogen (secondary N) is 1. The zero-order chi connectivity index (χ0) is 17.5. The Hall–Kier alpha value is -1.43. The lowest BCUT2D eigenvalue weighted by molar-refractivity contribution is 0.00728. The number of nitrogens with two attached hydrogens (primary N) is 1. The molecule has 1 amide bonds. The van der Waals surface area contributed by atoms with E-state index >= 15 is 0 Å². The van der Waals surface area contributed by atoms with Crippen molar-refractivity contribution in [3.05, 3.63) is 35.4 Å². The second-order valence-electron chi connectivity index (χ2n) is 7.53. The molecule has 1 aliphatic carbocycles. The summed E-state index contributed by atoms with van der Waals surface area (Å²) in [5, 5.41) is 3.21. The maximum Gasteiger partial charge on any atom is 0.251 e. The van der Waals surface area contributed by atoms with Crippen LogP contribution in [0.3, 0.4) is 0 Å². The number of carbonyl (C=O) groups is 1. The zero-order valence-electron chi connectivity index (χ0n) is 15.1. The van der Waals surface area contributed by atoms with Gasteiger partial charge in [0.2, 0.25) is 0 Å². The van der Waals surface area contributed by atoms with Crippen molar-refractivity contribution < 1.29 is 9.53 Å². The van der Waals surface area contributed by atoms with Crippen LogP contribution in [0.25, 0.3) is 0 Å². The van der Waals surface area contributed by atoms with Gasteiger partial charge in [-0.1, -0.05) is 31.4 Å². The molecular formula is C20H31N3O2. The summed E-state index contributed by atoms with van der Waals surface area (Å²) < 4.78 is 5.48. The third-order valence-corrected chi connectivity index (χ3v) is 5.65. The lowest BCUT2D eigenvalue weighted by Crippen LogP contribution is -2.49. The van der Waals surface area contributed by atoms with Crippen LogP contribution in [0.15, 0.2) is 24.3 Å². The van der Waals surface area contributed by atoms with Crippen molar-refractivity contribution in [2.75, 3.05) is 39.4 Å². The minimum absolute atomic E-state index is 0.0236.